The van der Waals surface area contributed by atoms with E-state index in [1.165, 1.54) is 18.1 Å². The third kappa shape index (κ3) is 4.61. The Morgan fingerprint density at radius 1 is 1.19 bits per heavy atom. The zero-order valence-corrected chi connectivity index (χ0v) is 16.8. The van der Waals surface area contributed by atoms with E-state index in [0.717, 1.165) is 0 Å². The van der Waals surface area contributed by atoms with Crippen molar-refractivity contribution in [2.24, 2.45) is 5.92 Å². The average molecular weight is 381 g/mol. The van der Waals surface area contributed by atoms with E-state index in [-0.39, 0.29) is 17.9 Å². The molecule has 3 amide bonds. The predicted octanol–water partition coefficient (Wildman–Crippen LogP) is 1.12. The van der Waals surface area contributed by atoms with E-state index >= 15 is 0 Å². The number of hydrogen-bond donors (Lipinski definition) is 0. The summed E-state index contributed by atoms with van der Waals surface area (Å²) in [6, 6.07) is -0.811. The second kappa shape index (κ2) is 8.73. The molecule has 0 aromatic heterocycles. The van der Waals surface area contributed by atoms with Crippen LogP contribution in [0.5, 0.6) is 0 Å². The molecule has 0 aromatic carbocycles. The topological polar surface area (TPSA) is 79.4 Å². The summed E-state index contributed by atoms with van der Waals surface area (Å²) in [4.78, 5) is 41.8. The van der Waals surface area contributed by atoms with Crippen molar-refractivity contribution in [2.75, 3.05) is 46.9 Å². The van der Waals surface area contributed by atoms with Crippen molar-refractivity contribution >= 4 is 17.9 Å². The first kappa shape index (κ1) is 21.2. The van der Waals surface area contributed by atoms with Crippen LogP contribution in [0, 0.1) is 5.92 Å². The van der Waals surface area contributed by atoms with Crippen LogP contribution in [0.2, 0.25) is 0 Å². The fourth-order valence-electron chi connectivity index (χ4n) is 3.91. The number of morpholine rings is 1. The molecular formula is C19H31N3O5. The Morgan fingerprint density at radius 3 is 2.33 bits per heavy atom. The quantitative estimate of drug-likeness (QED) is 0.538. The van der Waals surface area contributed by atoms with Gasteiger partial charge in [-0.1, -0.05) is 20.4 Å². The van der Waals surface area contributed by atoms with E-state index in [1.54, 1.807) is 16.8 Å². The molecule has 0 unspecified atom stereocenters. The number of methoxy groups -OCH3 is 1. The van der Waals surface area contributed by atoms with Crippen LogP contribution in [-0.2, 0) is 19.1 Å². The van der Waals surface area contributed by atoms with Crippen LogP contribution in [0.4, 0.5) is 4.79 Å². The number of likely N-dealkylation sites (tertiary alicyclic amines) is 1. The molecule has 0 radical (unpaired) electrons. The van der Waals surface area contributed by atoms with Crippen molar-refractivity contribution in [3.63, 3.8) is 0 Å². The fourth-order valence-corrected chi connectivity index (χ4v) is 3.91. The number of hydrogen-bond acceptors (Lipinski definition) is 5. The molecule has 27 heavy (non-hydrogen) atoms. The van der Waals surface area contributed by atoms with Gasteiger partial charge in [0.05, 0.1) is 25.9 Å². The number of likely N-dealkylation sites (N-methyl/N-ethyl adjacent to an activating group) is 1. The minimum absolute atomic E-state index is 0.0531. The molecule has 0 N–H and O–H groups in total. The Kier molecular flexibility index (Phi) is 6.86. The van der Waals surface area contributed by atoms with Gasteiger partial charge in [-0.15, -0.1) is 0 Å². The average Bonchev–Trinajstić information content (AvgIpc) is 2.67. The highest BCUT2D eigenvalue weighted by molar-refractivity contribution is 5.87. The molecule has 2 aliphatic heterocycles. The van der Waals surface area contributed by atoms with Crippen molar-refractivity contribution in [1.29, 1.82) is 0 Å². The van der Waals surface area contributed by atoms with Crippen LogP contribution in [0.3, 0.4) is 0 Å². The Morgan fingerprint density at radius 2 is 1.81 bits per heavy atom. The number of esters is 1. The lowest BCUT2D eigenvalue weighted by molar-refractivity contribution is -0.154. The summed E-state index contributed by atoms with van der Waals surface area (Å²) in [5, 5.41) is 0. The molecular weight excluding hydrogens is 350 g/mol. The van der Waals surface area contributed by atoms with Gasteiger partial charge in [-0.25, -0.2) is 9.59 Å². The van der Waals surface area contributed by atoms with Crippen LogP contribution in [0.15, 0.2) is 12.7 Å². The van der Waals surface area contributed by atoms with Gasteiger partial charge in [0.2, 0.25) is 5.91 Å². The molecule has 0 aliphatic carbocycles. The standard InChI is InChI=1S/C19H31N3O5/c1-6-15(23)22-11-12-27-19(13-22)7-9-21(10-8-19)18(25)20(4)16(14(2)3)17(24)26-5/h6,14,16H,1,7-13H2,2-5H3/t16-/m0/s1. The highest BCUT2D eigenvalue weighted by Crippen LogP contribution is 2.31. The molecule has 2 fully saturated rings. The van der Waals surface area contributed by atoms with E-state index in [1.807, 2.05) is 13.8 Å². The first-order chi connectivity index (χ1) is 12.7. The largest absolute Gasteiger partial charge is 0.467 e. The highest BCUT2D eigenvalue weighted by Gasteiger charge is 2.43. The Balaban J connectivity index is 2.00. The lowest BCUT2D eigenvalue weighted by Crippen LogP contribution is -2.60. The number of amides is 3. The van der Waals surface area contributed by atoms with Gasteiger partial charge in [0, 0.05) is 26.7 Å². The van der Waals surface area contributed by atoms with E-state index in [9.17, 15) is 14.4 Å². The molecule has 2 heterocycles. The van der Waals surface area contributed by atoms with Gasteiger partial charge in [0.25, 0.3) is 0 Å². The molecule has 152 valence electrons. The zero-order valence-electron chi connectivity index (χ0n) is 16.8. The van der Waals surface area contributed by atoms with Crippen molar-refractivity contribution in [3.8, 4) is 0 Å². The monoisotopic (exact) mass is 381 g/mol. The molecule has 1 spiro atoms. The van der Waals surface area contributed by atoms with E-state index in [4.69, 9.17) is 9.47 Å². The number of rotatable bonds is 4. The highest BCUT2D eigenvalue weighted by atomic mass is 16.5. The molecule has 2 aliphatic rings. The zero-order chi connectivity index (χ0) is 20.2. The Labute approximate surface area is 161 Å². The summed E-state index contributed by atoms with van der Waals surface area (Å²) in [5.74, 6) is -0.556. The summed E-state index contributed by atoms with van der Waals surface area (Å²) < 4.78 is 10.9. The molecule has 2 rings (SSSR count). The lowest BCUT2D eigenvalue weighted by atomic mass is 9.89. The van der Waals surface area contributed by atoms with Gasteiger partial charge in [-0.3, -0.25) is 4.79 Å². The van der Waals surface area contributed by atoms with Gasteiger partial charge < -0.3 is 24.2 Å². The minimum atomic E-state index is -0.620. The van der Waals surface area contributed by atoms with Gasteiger partial charge in [-0.2, -0.15) is 0 Å². The number of carbonyl (C=O) groups is 3. The smallest absolute Gasteiger partial charge is 0.328 e. The maximum absolute atomic E-state index is 12.9. The minimum Gasteiger partial charge on any atom is -0.467 e. The van der Waals surface area contributed by atoms with Crippen molar-refractivity contribution in [3.05, 3.63) is 12.7 Å². The Hall–Kier alpha value is -2.09. The van der Waals surface area contributed by atoms with Gasteiger partial charge in [0.15, 0.2) is 0 Å². The van der Waals surface area contributed by atoms with Crippen LogP contribution in [-0.4, -0.2) is 91.2 Å². The second-order valence-electron chi connectivity index (χ2n) is 7.59. The third-order valence-corrected chi connectivity index (χ3v) is 5.47. The number of ether oxygens (including phenoxy) is 2. The van der Waals surface area contributed by atoms with Crippen molar-refractivity contribution in [1.82, 2.24) is 14.7 Å². The maximum Gasteiger partial charge on any atom is 0.328 e. The summed E-state index contributed by atoms with van der Waals surface area (Å²) in [5.41, 5.74) is -0.411. The molecule has 8 heteroatoms. The van der Waals surface area contributed by atoms with Crippen LogP contribution in [0.1, 0.15) is 26.7 Å². The van der Waals surface area contributed by atoms with Crippen molar-refractivity contribution in [2.45, 2.75) is 38.3 Å². The van der Waals surface area contributed by atoms with Crippen LogP contribution in [0.25, 0.3) is 0 Å². The number of piperidine rings is 1. The molecule has 8 nitrogen and oxygen atoms in total. The van der Waals surface area contributed by atoms with E-state index < -0.39 is 17.6 Å². The van der Waals surface area contributed by atoms with Crippen LogP contribution >= 0.6 is 0 Å². The molecule has 1 atom stereocenters. The SMILES string of the molecule is C=CC(=O)N1CCOC2(CCN(C(=O)N(C)[C@H](C(=O)OC)C(C)C)CC2)C1. The summed E-state index contributed by atoms with van der Waals surface area (Å²) in [6.07, 6.45) is 2.63. The molecule has 0 aromatic rings. The number of urea groups is 1. The number of nitrogens with zero attached hydrogens (tertiary/aromatic N) is 3. The predicted molar refractivity (Wildman–Crippen MR) is 100 cm³/mol. The van der Waals surface area contributed by atoms with Gasteiger partial charge in [0.1, 0.15) is 6.04 Å². The van der Waals surface area contributed by atoms with Gasteiger partial charge >= 0.3 is 12.0 Å². The van der Waals surface area contributed by atoms with Gasteiger partial charge in [-0.05, 0) is 24.8 Å². The van der Waals surface area contributed by atoms with Crippen LogP contribution < -0.4 is 0 Å². The first-order valence-corrected chi connectivity index (χ1v) is 9.39. The van der Waals surface area contributed by atoms with E-state index in [2.05, 4.69) is 6.58 Å². The fraction of sp³-hybridized carbons (Fsp3) is 0.737. The summed E-state index contributed by atoms with van der Waals surface area (Å²) >= 11 is 0. The molecule has 0 bridgehead atoms. The maximum atomic E-state index is 12.9. The first-order valence-electron chi connectivity index (χ1n) is 9.39. The Bertz CT molecular complexity index is 584. The lowest BCUT2D eigenvalue weighted by Gasteiger charge is -2.47. The molecule has 0 saturated carbocycles. The third-order valence-electron chi connectivity index (χ3n) is 5.47. The molecule has 2 saturated heterocycles. The van der Waals surface area contributed by atoms with Crippen molar-refractivity contribution < 1.29 is 23.9 Å². The van der Waals surface area contributed by atoms with E-state index in [0.29, 0.717) is 45.6 Å². The number of carbonyl (C=O) groups excluding carboxylic acids is 3. The second-order valence-corrected chi connectivity index (χ2v) is 7.59. The summed E-state index contributed by atoms with van der Waals surface area (Å²) in [7, 11) is 2.97. The normalized spacial score (nSPS) is 20.3. The summed E-state index contributed by atoms with van der Waals surface area (Å²) in [6.45, 7) is 9.93.